The molecule has 0 atom stereocenters. The number of aryl methyl sites for hydroxylation is 1. The molecule has 7 nitrogen and oxygen atoms in total. The molecule has 0 unspecified atom stereocenters. The molecule has 0 fully saturated rings. The summed E-state index contributed by atoms with van der Waals surface area (Å²) in [4.78, 5) is 35.6. The topological polar surface area (TPSA) is 82.3 Å². The monoisotopic (exact) mass is 303 g/mol. The Labute approximate surface area is 126 Å². The number of carbonyl (C=O) groups is 1. The van der Waals surface area contributed by atoms with Crippen molar-refractivity contribution in [2.24, 2.45) is 14.1 Å². The lowest BCUT2D eigenvalue weighted by Crippen LogP contribution is -2.41. The van der Waals surface area contributed by atoms with Gasteiger partial charge in [0, 0.05) is 26.8 Å². The highest BCUT2D eigenvalue weighted by molar-refractivity contribution is 5.93. The summed E-state index contributed by atoms with van der Waals surface area (Å²) in [6.07, 6.45) is 1.24. The second kappa shape index (κ2) is 6.30. The van der Waals surface area contributed by atoms with E-state index in [0.717, 1.165) is 15.9 Å². The van der Waals surface area contributed by atoms with Gasteiger partial charge in [-0.25, -0.2) is 4.79 Å². The first-order valence-electron chi connectivity index (χ1n) is 6.62. The van der Waals surface area contributed by atoms with Crippen LogP contribution < -0.4 is 21.3 Å². The van der Waals surface area contributed by atoms with Crippen LogP contribution in [-0.2, 0) is 20.6 Å². The zero-order valence-electron chi connectivity index (χ0n) is 12.6. The lowest BCUT2D eigenvalue weighted by Gasteiger charge is -2.08. The molecule has 116 valence electrons. The van der Waals surface area contributed by atoms with Crippen molar-refractivity contribution in [3.05, 3.63) is 62.4 Å². The number of methoxy groups -OCH3 is 1. The third kappa shape index (κ3) is 3.08. The third-order valence-electron chi connectivity index (χ3n) is 3.30. The number of hydrogen-bond donors (Lipinski definition) is 1. The Morgan fingerprint density at radius 2 is 1.82 bits per heavy atom. The molecule has 1 N–H and O–H groups in total. The van der Waals surface area contributed by atoms with Gasteiger partial charge in [-0.3, -0.25) is 14.2 Å². The standard InChI is InChI=1S/C15H17N3O4/c1-17-9-12(14(20)18(2)15(17)21)13(19)16-8-10-4-6-11(22-3)7-5-10/h4-7,9H,8H2,1-3H3,(H,16,19). The molecule has 0 saturated carbocycles. The van der Waals surface area contributed by atoms with E-state index in [-0.39, 0.29) is 12.1 Å². The number of amides is 1. The van der Waals surface area contributed by atoms with Crippen LogP contribution in [0.3, 0.4) is 0 Å². The quantitative estimate of drug-likeness (QED) is 0.863. The maximum atomic E-state index is 12.1. The molecule has 1 amide bonds. The SMILES string of the molecule is COc1ccc(CNC(=O)c2cn(C)c(=O)n(C)c2=O)cc1. The number of ether oxygens (including phenoxy) is 1. The molecule has 0 aliphatic carbocycles. The minimum absolute atomic E-state index is 0.0712. The van der Waals surface area contributed by atoms with E-state index in [0.29, 0.717) is 0 Å². The van der Waals surface area contributed by atoms with E-state index in [9.17, 15) is 14.4 Å². The predicted octanol–water partition coefficient (Wildman–Crippen LogP) is 0.0226. The smallest absolute Gasteiger partial charge is 0.330 e. The van der Waals surface area contributed by atoms with E-state index in [1.807, 2.05) is 12.1 Å². The molecule has 0 bridgehead atoms. The first kappa shape index (κ1) is 15.6. The number of rotatable bonds is 4. The lowest BCUT2D eigenvalue weighted by molar-refractivity contribution is 0.0947. The van der Waals surface area contributed by atoms with Gasteiger partial charge in [-0.15, -0.1) is 0 Å². The van der Waals surface area contributed by atoms with Crippen LogP contribution in [0.15, 0.2) is 40.1 Å². The zero-order valence-corrected chi connectivity index (χ0v) is 12.6. The molecule has 2 rings (SSSR count). The third-order valence-corrected chi connectivity index (χ3v) is 3.30. The maximum Gasteiger partial charge on any atom is 0.330 e. The highest BCUT2D eigenvalue weighted by Gasteiger charge is 2.14. The largest absolute Gasteiger partial charge is 0.497 e. The molecule has 2 aromatic rings. The Kier molecular flexibility index (Phi) is 4.45. The van der Waals surface area contributed by atoms with Crippen molar-refractivity contribution in [2.75, 3.05) is 7.11 Å². The van der Waals surface area contributed by atoms with Crippen LogP contribution >= 0.6 is 0 Å². The van der Waals surface area contributed by atoms with Gasteiger partial charge in [0.15, 0.2) is 0 Å². The van der Waals surface area contributed by atoms with Gasteiger partial charge in [0.05, 0.1) is 7.11 Å². The number of nitrogens with one attached hydrogen (secondary N) is 1. The van der Waals surface area contributed by atoms with Gasteiger partial charge in [-0.2, -0.15) is 0 Å². The van der Waals surface area contributed by atoms with E-state index in [1.165, 1.54) is 24.9 Å². The molecular weight excluding hydrogens is 286 g/mol. The molecule has 0 aliphatic rings. The molecule has 0 spiro atoms. The van der Waals surface area contributed by atoms with Crippen LogP contribution in [-0.4, -0.2) is 22.2 Å². The summed E-state index contributed by atoms with van der Waals surface area (Å²) in [5, 5.41) is 2.66. The van der Waals surface area contributed by atoms with Crippen LogP contribution in [0.2, 0.25) is 0 Å². The van der Waals surface area contributed by atoms with E-state index in [1.54, 1.807) is 19.2 Å². The zero-order chi connectivity index (χ0) is 16.3. The molecule has 0 saturated heterocycles. The van der Waals surface area contributed by atoms with Gasteiger partial charge in [0.1, 0.15) is 11.3 Å². The Morgan fingerprint density at radius 1 is 1.18 bits per heavy atom. The predicted molar refractivity (Wildman–Crippen MR) is 81.1 cm³/mol. The molecule has 0 aliphatic heterocycles. The molecule has 0 radical (unpaired) electrons. The van der Waals surface area contributed by atoms with Crippen LogP contribution in [0, 0.1) is 0 Å². The Bertz CT molecular complexity index is 803. The molecule has 1 heterocycles. The molecule has 1 aromatic heterocycles. The summed E-state index contributed by atoms with van der Waals surface area (Å²) in [5.74, 6) is 0.203. The van der Waals surface area contributed by atoms with Crippen molar-refractivity contribution < 1.29 is 9.53 Å². The number of nitrogens with zero attached hydrogens (tertiary/aromatic N) is 2. The Hall–Kier alpha value is -2.83. The van der Waals surface area contributed by atoms with Crippen LogP contribution in [0.1, 0.15) is 15.9 Å². The minimum Gasteiger partial charge on any atom is -0.497 e. The van der Waals surface area contributed by atoms with Crippen molar-refractivity contribution in [1.29, 1.82) is 0 Å². The maximum absolute atomic E-state index is 12.1. The lowest BCUT2D eigenvalue weighted by atomic mass is 10.2. The van der Waals surface area contributed by atoms with Gasteiger partial charge >= 0.3 is 5.69 Å². The normalized spacial score (nSPS) is 10.3. The summed E-state index contributed by atoms with van der Waals surface area (Å²) in [7, 11) is 4.40. The number of aromatic nitrogens is 2. The number of benzene rings is 1. The molecular formula is C15H17N3O4. The molecule has 22 heavy (non-hydrogen) atoms. The van der Waals surface area contributed by atoms with Crippen LogP contribution in [0.4, 0.5) is 0 Å². The first-order valence-corrected chi connectivity index (χ1v) is 6.62. The second-order valence-electron chi connectivity index (χ2n) is 4.83. The van der Waals surface area contributed by atoms with Crippen molar-refractivity contribution in [3.8, 4) is 5.75 Å². The van der Waals surface area contributed by atoms with E-state index >= 15 is 0 Å². The van der Waals surface area contributed by atoms with Crippen molar-refractivity contribution in [3.63, 3.8) is 0 Å². The summed E-state index contributed by atoms with van der Waals surface area (Å²) < 4.78 is 7.16. The Morgan fingerprint density at radius 3 is 2.41 bits per heavy atom. The average Bonchev–Trinajstić information content (AvgIpc) is 2.54. The van der Waals surface area contributed by atoms with Crippen molar-refractivity contribution >= 4 is 5.91 Å². The minimum atomic E-state index is -0.615. The summed E-state index contributed by atoms with van der Waals surface area (Å²) in [5.41, 5.74) is -0.291. The molecule has 7 heteroatoms. The number of hydrogen-bond acceptors (Lipinski definition) is 4. The fourth-order valence-corrected chi connectivity index (χ4v) is 1.98. The van der Waals surface area contributed by atoms with E-state index < -0.39 is 17.2 Å². The summed E-state index contributed by atoms with van der Waals surface area (Å²) in [6, 6.07) is 7.20. The highest BCUT2D eigenvalue weighted by Crippen LogP contribution is 2.10. The van der Waals surface area contributed by atoms with Gasteiger partial charge in [0.25, 0.3) is 11.5 Å². The van der Waals surface area contributed by atoms with Crippen molar-refractivity contribution in [2.45, 2.75) is 6.54 Å². The summed E-state index contributed by atoms with van der Waals surface area (Å²) in [6.45, 7) is 0.273. The number of carbonyl (C=O) groups excluding carboxylic acids is 1. The van der Waals surface area contributed by atoms with Gasteiger partial charge in [-0.05, 0) is 17.7 Å². The van der Waals surface area contributed by atoms with Gasteiger partial charge in [-0.1, -0.05) is 12.1 Å². The van der Waals surface area contributed by atoms with Crippen LogP contribution in [0.25, 0.3) is 0 Å². The Balaban J connectivity index is 2.16. The fraction of sp³-hybridized carbons (Fsp3) is 0.267. The first-order chi connectivity index (χ1) is 10.4. The molecule has 1 aromatic carbocycles. The average molecular weight is 303 g/mol. The van der Waals surface area contributed by atoms with Gasteiger partial charge < -0.3 is 14.6 Å². The second-order valence-corrected chi connectivity index (χ2v) is 4.83. The fourth-order valence-electron chi connectivity index (χ4n) is 1.98. The highest BCUT2D eigenvalue weighted by atomic mass is 16.5. The van der Waals surface area contributed by atoms with Crippen molar-refractivity contribution in [1.82, 2.24) is 14.5 Å². The van der Waals surface area contributed by atoms with Crippen LogP contribution in [0.5, 0.6) is 5.75 Å². The van der Waals surface area contributed by atoms with E-state index in [2.05, 4.69) is 5.32 Å². The van der Waals surface area contributed by atoms with Gasteiger partial charge in [0.2, 0.25) is 0 Å². The van der Waals surface area contributed by atoms with E-state index in [4.69, 9.17) is 4.74 Å². The summed E-state index contributed by atoms with van der Waals surface area (Å²) >= 11 is 0.